The summed E-state index contributed by atoms with van der Waals surface area (Å²) in [7, 11) is -1.91. The molecule has 0 fully saturated rings. The number of rotatable bonds is 8. The average Bonchev–Trinajstić information content (AvgIpc) is 2.56. The number of methoxy groups -OCH3 is 1. The number of hydrogen-bond donors (Lipinski definition) is 1. The summed E-state index contributed by atoms with van der Waals surface area (Å²) < 4.78 is 32.0. The Labute approximate surface area is 142 Å². The maximum Gasteiger partial charge on any atom is 0.240 e. The smallest absolute Gasteiger partial charge is 0.240 e. The van der Waals surface area contributed by atoms with Gasteiger partial charge in [0, 0.05) is 18.1 Å². The van der Waals surface area contributed by atoms with Crippen LogP contribution >= 0.6 is 11.8 Å². The van der Waals surface area contributed by atoms with Crippen LogP contribution in [-0.4, -0.2) is 27.8 Å². The zero-order valence-corrected chi connectivity index (χ0v) is 14.9. The van der Waals surface area contributed by atoms with Crippen LogP contribution in [0.2, 0.25) is 0 Å². The number of hydrogen-bond acceptors (Lipinski definition) is 4. The Morgan fingerprint density at radius 2 is 1.78 bits per heavy atom. The molecular formula is C17H21NO3S2. The van der Waals surface area contributed by atoms with Gasteiger partial charge in [-0.05, 0) is 42.3 Å². The molecule has 2 aromatic carbocycles. The van der Waals surface area contributed by atoms with Gasteiger partial charge in [0.1, 0.15) is 5.75 Å². The van der Waals surface area contributed by atoms with Gasteiger partial charge in [-0.15, -0.1) is 0 Å². The van der Waals surface area contributed by atoms with E-state index in [0.29, 0.717) is 12.3 Å². The maximum atomic E-state index is 12.2. The van der Waals surface area contributed by atoms with Crippen molar-refractivity contribution in [1.29, 1.82) is 0 Å². The second-order valence-electron chi connectivity index (χ2n) is 5.05. The Bertz CT molecular complexity index is 728. The van der Waals surface area contributed by atoms with E-state index >= 15 is 0 Å². The van der Waals surface area contributed by atoms with Crippen LogP contribution in [0, 0.1) is 6.92 Å². The lowest BCUT2D eigenvalue weighted by Crippen LogP contribution is -2.26. The van der Waals surface area contributed by atoms with Crippen LogP contribution in [-0.2, 0) is 15.8 Å². The molecule has 2 aromatic rings. The minimum atomic E-state index is -3.46. The molecule has 0 unspecified atom stereocenters. The summed E-state index contributed by atoms with van der Waals surface area (Å²) in [6.45, 7) is 2.49. The minimum absolute atomic E-state index is 0.252. The Morgan fingerprint density at radius 1 is 1.09 bits per heavy atom. The standard InChI is InChI=1S/C17H21NO3S2/c1-14-5-3-4-6-15(14)13-22-12-11-18-23(19,20)17-9-7-16(21-2)8-10-17/h3-10,18H,11-13H2,1-2H3. The number of aryl methyl sites for hydroxylation is 1. The van der Waals surface area contributed by atoms with Gasteiger partial charge in [-0.25, -0.2) is 13.1 Å². The quantitative estimate of drug-likeness (QED) is 0.742. The van der Waals surface area contributed by atoms with E-state index in [9.17, 15) is 8.42 Å². The zero-order valence-electron chi connectivity index (χ0n) is 13.3. The van der Waals surface area contributed by atoms with Gasteiger partial charge in [-0.2, -0.15) is 11.8 Å². The van der Waals surface area contributed by atoms with E-state index in [1.807, 2.05) is 12.1 Å². The van der Waals surface area contributed by atoms with Crippen LogP contribution in [0.5, 0.6) is 5.75 Å². The minimum Gasteiger partial charge on any atom is -0.497 e. The van der Waals surface area contributed by atoms with E-state index in [2.05, 4.69) is 23.8 Å². The van der Waals surface area contributed by atoms with E-state index in [1.54, 1.807) is 43.1 Å². The fourth-order valence-electron chi connectivity index (χ4n) is 2.04. The molecule has 0 radical (unpaired) electrons. The molecule has 124 valence electrons. The highest BCUT2D eigenvalue weighted by Gasteiger charge is 2.13. The molecule has 0 atom stereocenters. The fourth-order valence-corrected chi connectivity index (χ4v) is 4.14. The molecule has 0 saturated heterocycles. The molecular weight excluding hydrogens is 330 g/mol. The zero-order chi connectivity index (χ0) is 16.7. The molecule has 0 amide bonds. The Balaban J connectivity index is 1.79. The molecule has 0 spiro atoms. The third kappa shape index (κ3) is 5.27. The summed E-state index contributed by atoms with van der Waals surface area (Å²) in [6, 6.07) is 14.6. The maximum absolute atomic E-state index is 12.2. The third-order valence-corrected chi connectivity index (χ3v) is 5.91. The molecule has 23 heavy (non-hydrogen) atoms. The van der Waals surface area contributed by atoms with E-state index in [0.717, 1.165) is 11.5 Å². The first-order valence-corrected chi connectivity index (χ1v) is 9.92. The highest BCUT2D eigenvalue weighted by atomic mass is 32.2. The first-order valence-electron chi connectivity index (χ1n) is 7.29. The van der Waals surface area contributed by atoms with Gasteiger partial charge < -0.3 is 4.74 Å². The Hall–Kier alpha value is -1.50. The molecule has 0 aromatic heterocycles. The number of ether oxygens (including phenoxy) is 1. The summed E-state index contributed by atoms with van der Waals surface area (Å²) in [5.74, 6) is 2.25. The lowest BCUT2D eigenvalue weighted by atomic mass is 10.1. The number of nitrogens with one attached hydrogen (secondary N) is 1. The molecule has 0 heterocycles. The van der Waals surface area contributed by atoms with Crippen molar-refractivity contribution in [1.82, 2.24) is 4.72 Å². The molecule has 0 saturated carbocycles. The molecule has 0 aliphatic carbocycles. The molecule has 1 N–H and O–H groups in total. The SMILES string of the molecule is COc1ccc(S(=O)(=O)NCCSCc2ccccc2C)cc1. The van der Waals surface area contributed by atoms with Crippen LogP contribution in [0.3, 0.4) is 0 Å². The molecule has 2 rings (SSSR count). The van der Waals surface area contributed by atoms with Crippen molar-refractivity contribution in [2.45, 2.75) is 17.6 Å². The first kappa shape index (κ1) is 17.8. The normalized spacial score (nSPS) is 11.4. The van der Waals surface area contributed by atoms with E-state index in [4.69, 9.17) is 4.74 Å². The summed E-state index contributed by atoms with van der Waals surface area (Å²) in [4.78, 5) is 0.252. The second kappa shape index (κ2) is 8.38. The van der Waals surface area contributed by atoms with Crippen LogP contribution < -0.4 is 9.46 Å². The van der Waals surface area contributed by atoms with Crippen molar-refractivity contribution < 1.29 is 13.2 Å². The highest BCUT2D eigenvalue weighted by Crippen LogP contribution is 2.17. The van der Waals surface area contributed by atoms with Gasteiger partial charge in [0.2, 0.25) is 10.0 Å². The predicted molar refractivity (Wildman–Crippen MR) is 95.5 cm³/mol. The number of sulfonamides is 1. The summed E-state index contributed by atoms with van der Waals surface area (Å²) in [5.41, 5.74) is 2.55. The van der Waals surface area contributed by atoms with Crippen molar-refractivity contribution in [2.24, 2.45) is 0 Å². The Morgan fingerprint density at radius 3 is 2.43 bits per heavy atom. The Kier molecular flexibility index (Phi) is 6.50. The van der Waals surface area contributed by atoms with Crippen molar-refractivity contribution >= 4 is 21.8 Å². The molecule has 4 nitrogen and oxygen atoms in total. The average molecular weight is 351 g/mol. The molecule has 0 aliphatic heterocycles. The second-order valence-corrected chi connectivity index (χ2v) is 7.92. The van der Waals surface area contributed by atoms with Crippen LogP contribution in [0.15, 0.2) is 53.4 Å². The molecule has 6 heteroatoms. The van der Waals surface area contributed by atoms with E-state index in [-0.39, 0.29) is 4.90 Å². The van der Waals surface area contributed by atoms with Gasteiger partial charge in [0.15, 0.2) is 0 Å². The van der Waals surface area contributed by atoms with Crippen molar-refractivity contribution in [3.63, 3.8) is 0 Å². The number of benzene rings is 2. The molecule has 0 bridgehead atoms. The van der Waals surface area contributed by atoms with Crippen LogP contribution in [0.25, 0.3) is 0 Å². The van der Waals surface area contributed by atoms with Crippen LogP contribution in [0.4, 0.5) is 0 Å². The van der Waals surface area contributed by atoms with E-state index < -0.39 is 10.0 Å². The summed E-state index contributed by atoms with van der Waals surface area (Å²) in [6.07, 6.45) is 0. The molecule has 0 aliphatic rings. The first-order chi connectivity index (χ1) is 11.0. The van der Waals surface area contributed by atoms with Crippen molar-refractivity contribution in [3.05, 3.63) is 59.7 Å². The van der Waals surface area contributed by atoms with Gasteiger partial charge in [0.25, 0.3) is 0 Å². The van der Waals surface area contributed by atoms with E-state index in [1.165, 1.54) is 11.1 Å². The van der Waals surface area contributed by atoms with Crippen LogP contribution in [0.1, 0.15) is 11.1 Å². The fraction of sp³-hybridized carbons (Fsp3) is 0.294. The topological polar surface area (TPSA) is 55.4 Å². The monoisotopic (exact) mass is 351 g/mol. The largest absolute Gasteiger partial charge is 0.497 e. The lowest BCUT2D eigenvalue weighted by molar-refractivity contribution is 0.414. The van der Waals surface area contributed by atoms with Gasteiger partial charge >= 0.3 is 0 Å². The predicted octanol–water partition coefficient (Wildman–Crippen LogP) is 3.22. The van der Waals surface area contributed by atoms with Gasteiger partial charge in [-0.1, -0.05) is 24.3 Å². The summed E-state index contributed by atoms with van der Waals surface area (Å²) in [5, 5.41) is 0. The number of thioether (sulfide) groups is 1. The van der Waals surface area contributed by atoms with Gasteiger partial charge in [0.05, 0.1) is 12.0 Å². The van der Waals surface area contributed by atoms with Crippen molar-refractivity contribution in [3.8, 4) is 5.75 Å². The summed E-state index contributed by atoms with van der Waals surface area (Å²) >= 11 is 1.72. The highest BCUT2D eigenvalue weighted by molar-refractivity contribution is 7.98. The lowest BCUT2D eigenvalue weighted by Gasteiger charge is -2.08. The van der Waals surface area contributed by atoms with Crippen molar-refractivity contribution in [2.75, 3.05) is 19.4 Å². The third-order valence-electron chi connectivity index (χ3n) is 3.43. The van der Waals surface area contributed by atoms with Gasteiger partial charge in [-0.3, -0.25) is 0 Å².